The SMILES string of the molecule is COCOc1ccc(I)nc1Cl.O=C(O)COc1ccc(N2CCOCC2)nc1Cl. The highest BCUT2D eigenvalue weighted by Gasteiger charge is 2.14. The molecule has 0 amide bonds. The van der Waals surface area contributed by atoms with Gasteiger partial charge in [-0.2, -0.15) is 0 Å². The number of carbonyl (C=O) groups is 1. The molecular formula is C18H20Cl2IN3O6. The molecule has 1 N–H and O–H groups in total. The summed E-state index contributed by atoms with van der Waals surface area (Å²) in [7, 11) is 1.55. The first-order valence-electron chi connectivity index (χ1n) is 8.68. The average molecular weight is 572 g/mol. The van der Waals surface area contributed by atoms with E-state index in [4.69, 9.17) is 47.3 Å². The number of aromatic nitrogens is 2. The fourth-order valence-electron chi connectivity index (χ4n) is 2.26. The molecule has 0 atom stereocenters. The summed E-state index contributed by atoms with van der Waals surface area (Å²) in [5.41, 5.74) is 0. The zero-order chi connectivity index (χ0) is 21.9. The van der Waals surface area contributed by atoms with E-state index >= 15 is 0 Å². The van der Waals surface area contributed by atoms with Crippen molar-refractivity contribution in [3.05, 3.63) is 38.3 Å². The lowest BCUT2D eigenvalue weighted by molar-refractivity contribution is -0.139. The zero-order valence-corrected chi connectivity index (χ0v) is 19.7. The fraction of sp³-hybridized carbons (Fsp3) is 0.389. The third kappa shape index (κ3) is 8.26. The number of aliphatic carboxylic acids is 1. The minimum absolute atomic E-state index is 0.167. The fourth-order valence-corrected chi connectivity index (χ4v) is 3.23. The van der Waals surface area contributed by atoms with Crippen LogP contribution in [0.15, 0.2) is 24.3 Å². The van der Waals surface area contributed by atoms with Gasteiger partial charge in [-0.1, -0.05) is 23.2 Å². The maximum Gasteiger partial charge on any atom is 0.341 e. The number of hydrogen-bond donors (Lipinski definition) is 1. The van der Waals surface area contributed by atoms with Gasteiger partial charge >= 0.3 is 5.97 Å². The van der Waals surface area contributed by atoms with E-state index in [1.807, 2.05) is 6.07 Å². The normalized spacial score (nSPS) is 13.3. The van der Waals surface area contributed by atoms with Crippen molar-refractivity contribution >= 4 is 57.6 Å². The number of anilines is 1. The average Bonchev–Trinajstić information content (AvgIpc) is 2.73. The van der Waals surface area contributed by atoms with Crippen LogP contribution < -0.4 is 14.4 Å². The van der Waals surface area contributed by atoms with Crippen LogP contribution in [-0.2, 0) is 14.3 Å². The molecule has 0 aromatic carbocycles. The third-order valence-electron chi connectivity index (χ3n) is 3.60. The van der Waals surface area contributed by atoms with Crippen molar-refractivity contribution in [2.45, 2.75) is 0 Å². The molecule has 164 valence electrons. The van der Waals surface area contributed by atoms with Crippen LogP contribution in [0.2, 0.25) is 10.3 Å². The number of pyridine rings is 2. The van der Waals surface area contributed by atoms with Gasteiger partial charge in [-0.25, -0.2) is 14.8 Å². The Balaban J connectivity index is 0.000000232. The number of morpholine rings is 1. The van der Waals surface area contributed by atoms with Crippen LogP contribution >= 0.6 is 45.8 Å². The van der Waals surface area contributed by atoms with Crippen molar-refractivity contribution in [3.8, 4) is 11.5 Å². The topological polar surface area (TPSA) is 103 Å². The molecule has 1 aliphatic rings. The second-order valence-electron chi connectivity index (χ2n) is 5.71. The summed E-state index contributed by atoms with van der Waals surface area (Å²) < 4.78 is 20.9. The molecule has 1 aliphatic heterocycles. The molecule has 1 fully saturated rings. The van der Waals surface area contributed by atoms with Gasteiger partial charge in [-0.05, 0) is 46.9 Å². The second kappa shape index (κ2) is 13.0. The van der Waals surface area contributed by atoms with Gasteiger partial charge in [0, 0.05) is 20.2 Å². The number of nitrogens with zero attached hydrogens (tertiary/aromatic N) is 3. The van der Waals surface area contributed by atoms with Crippen LogP contribution in [0.5, 0.6) is 11.5 Å². The molecule has 9 nitrogen and oxygen atoms in total. The van der Waals surface area contributed by atoms with E-state index < -0.39 is 12.6 Å². The van der Waals surface area contributed by atoms with E-state index in [0.29, 0.717) is 24.1 Å². The predicted octanol–water partition coefficient (Wildman–Crippen LogP) is 3.36. The van der Waals surface area contributed by atoms with E-state index in [-0.39, 0.29) is 17.7 Å². The van der Waals surface area contributed by atoms with Crippen LogP contribution in [0, 0.1) is 3.70 Å². The van der Waals surface area contributed by atoms with Gasteiger partial charge in [-0.3, -0.25) is 0 Å². The van der Waals surface area contributed by atoms with Crippen LogP contribution in [0.3, 0.4) is 0 Å². The number of ether oxygens (including phenoxy) is 4. The first-order valence-corrected chi connectivity index (χ1v) is 10.5. The zero-order valence-electron chi connectivity index (χ0n) is 16.0. The summed E-state index contributed by atoms with van der Waals surface area (Å²) in [4.78, 5) is 20.6. The minimum Gasteiger partial charge on any atom is -0.479 e. The van der Waals surface area contributed by atoms with Gasteiger partial charge in [0.25, 0.3) is 0 Å². The molecule has 30 heavy (non-hydrogen) atoms. The Kier molecular flexibility index (Phi) is 10.6. The summed E-state index contributed by atoms with van der Waals surface area (Å²) in [6.45, 7) is 2.60. The Labute approximate surface area is 197 Å². The van der Waals surface area contributed by atoms with Gasteiger partial charge in [0.05, 0.1) is 13.2 Å². The lowest BCUT2D eigenvalue weighted by Gasteiger charge is -2.27. The highest BCUT2D eigenvalue weighted by Crippen LogP contribution is 2.26. The third-order valence-corrected chi connectivity index (χ3v) is 4.74. The number of carboxylic acids is 1. The second-order valence-corrected chi connectivity index (χ2v) is 7.54. The van der Waals surface area contributed by atoms with E-state index in [9.17, 15) is 4.79 Å². The Bertz CT molecular complexity index is 840. The van der Waals surface area contributed by atoms with E-state index in [0.717, 1.165) is 22.6 Å². The first kappa shape index (κ1) is 24.7. The number of halogens is 3. The Morgan fingerprint density at radius 2 is 1.77 bits per heavy atom. The molecule has 0 saturated carbocycles. The van der Waals surface area contributed by atoms with Crippen molar-refractivity contribution in [2.24, 2.45) is 0 Å². The first-order chi connectivity index (χ1) is 14.4. The maximum absolute atomic E-state index is 10.4. The van der Waals surface area contributed by atoms with Crippen molar-refractivity contribution in [2.75, 3.05) is 51.7 Å². The van der Waals surface area contributed by atoms with Gasteiger partial charge in [0.2, 0.25) is 0 Å². The van der Waals surface area contributed by atoms with E-state index in [1.54, 1.807) is 25.3 Å². The number of carboxylic acid groups (broad SMARTS) is 1. The van der Waals surface area contributed by atoms with Gasteiger partial charge in [0.1, 0.15) is 9.52 Å². The highest BCUT2D eigenvalue weighted by molar-refractivity contribution is 14.1. The van der Waals surface area contributed by atoms with Gasteiger partial charge in [-0.15, -0.1) is 0 Å². The summed E-state index contributed by atoms with van der Waals surface area (Å²) >= 11 is 13.8. The van der Waals surface area contributed by atoms with Crippen molar-refractivity contribution in [1.29, 1.82) is 0 Å². The van der Waals surface area contributed by atoms with Crippen LogP contribution in [0.1, 0.15) is 0 Å². The Morgan fingerprint density at radius 1 is 1.13 bits per heavy atom. The minimum atomic E-state index is -1.05. The van der Waals surface area contributed by atoms with Crippen molar-refractivity contribution in [3.63, 3.8) is 0 Å². The monoisotopic (exact) mass is 571 g/mol. The summed E-state index contributed by atoms with van der Waals surface area (Å²) in [5, 5.41) is 9.04. The van der Waals surface area contributed by atoms with E-state index in [1.165, 1.54) is 0 Å². The van der Waals surface area contributed by atoms with Crippen LogP contribution in [0.25, 0.3) is 0 Å². The smallest absolute Gasteiger partial charge is 0.341 e. The van der Waals surface area contributed by atoms with Crippen molar-refractivity contribution in [1.82, 2.24) is 9.97 Å². The maximum atomic E-state index is 10.4. The summed E-state index contributed by atoms with van der Waals surface area (Å²) in [6.07, 6.45) is 0. The molecule has 3 heterocycles. The standard InChI is InChI=1S/C11H13ClN2O4.C7H7ClINO2/c12-11-8(18-7-10(15)16)1-2-9(13-11)14-3-5-17-6-4-14;1-11-4-12-5-2-3-6(9)10-7(5)8/h1-2H,3-7H2,(H,15,16);2-3H,4H2,1H3. The molecule has 0 bridgehead atoms. The molecule has 0 radical (unpaired) electrons. The molecule has 0 spiro atoms. The van der Waals surface area contributed by atoms with Gasteiger partial charge < -0.3 is 29.0 Å². The number of hydrogen-bond acceptors (Lipinski definition) is 8. The van der Waals surface area contributed by atoms with Crippen molar-refractivity contribution < 1.29 is 28.8 Å². The molecule has 1 saturated heterocycles. The predicted molar refractivity (Wildman–Crippen MR) is 120 cm³/mol. The van der Waals surface area contributed by atoms with Crippen LogP contribution in [-0.4, -0.2) is 67.9 Å². The number of rotatable bonds is 7. The largest absolute Gasteiger partial charge is 0.479 e. The van der Waals surface area contributed by atoms with Gasteiger partial charge in [0.15, 0.2) is 35.2 Å². The highest BCUT2D eigenvalue weighted by atomic mass is 127. The molecule has 0 unspecified atom stereocenters. The van der Waals surface area contributed by atoms with Crippen LogP contribution in [0.4, 0.5) is 5.82 Å². The summed E-state index contributed by atoms with van der Waals surface area (Å²) in [5.74, 6) is 0.504. The lowest BCUT2D eigenvalue weighted by atomic mass is 10.3. The quantitative estimate of drug-likeness (QED) is 0.304. The lowest BCUT2D eigenvalue weighted by Crippen LogP contribution is -2.36. The number of methoxy groups -OCH3 is 1. The Hall–Kier alpha value is -1.60. The molecule has 2 aromatic heterocycles. The molecular weight excluding hydrogens is 552 g/mol. The molecule has 12 heteroatoms. The molecule has 2 aromatic rings. The van der Waals surface area contributed by atoms with E-state index in [2.05, 4.69) is 37.5 Å². The molecule has 0 aliphatic carbocycles. The molecule has 3 rings (SSSR count). The summed E-state index contributed by atoms with van der Waals surface area (Å²) in [6, 6.07) is 6.96. The Morgan fingerprint density at radius 3 is 2.37 bits per heavy atom.